The third-order valence-corrected chi connectivity index (χ3v) is 5.25. The first-order valence-electron chi connectivity index (χ1n) is 4.81. The minimum atomic E-state index is -2.98. The Morgan fingerprint density at radius 1 is 1.14 bits per heavy atom. The molecule has 6 heteroatoms. The van der Waals surface area contributed by atoms with E-state index in [1.165, 1.54) is 0 Å². The van der Waals surface area contributed by atoms with Gasteiger partial charge in [0.25, 0.3) is 0 Å². The van der Waals surface area contributed by atoms with Crippen LogP contribution in [0, 0.1) is 0 Å². The van der Waals surface area contributed by atoms with E-state index in [9.17, 15) is 8.77 Å². The molecule has 0 aromatic heterocycles. The van der Waals surface area contributed by atoms with Crippen molar-refractivity contribution in [2.75, 3.05) is 30.9 Å². The molecule has 0 bridgehead atoms. The van der Waals surface area contributed by atoms with Crippen molar-refractivity contribution in [1.29, 1.82) is 0 Å². The van der Waals surface area contributed by atoms with Crippen LogP contribution in [-0.2, 0) is 24.4 Å². The third kappa shape index (κ3) is 5.91. The van der Waals surface area contributed by atoms with Crippen LogP contribution in [0.1, 0.15) is 20.8 Å². The number of rotatable bonds is 8. The molecule has 1 unspecified atom stereocenters. The van der Waals surface area contributed by atoms with Crippen LogP contribution in [0.2, 0.25) is 0 Å². The topological polar surface area (TPSA) is 52.6 Å². The Labute approximate surface area is 88.4 Å². The van der Waals surface area contributed by atoms with E-state index in [0.29, 0.717) is 24.7 Å². The van der Waals surface area contributed by atoms with E-state index < -0.39 is 18.4 Å². The summed E-state index contributed by atoms with van der Waals surface area (Å²) in [6.07, 6.45) is 0.245. The Kier molecular flexibility index (Phi) is 7.74. The monoisotopic (exact) mass is 242 g/mol. The second-order valence-electron chi connectivity index (χ2n) is 2.60. The van der Waals surface area contributed by atoms with Gasteiger partial charge in [0, 0.05) is 22.3 Å². The molecule has 0 fully saturated rings. The normalized spacial score (nSPS) is 14.2. The molecule has 0 radical (unpaired) electrons. The van der Waals surface area contributed by atoms with E-state index in [-0.39, 0.29) is 6.16 Å². The molecule has 0 rings (SSSR count). The van der Waals surface area contributed by atoms with Crippen LogP contribution in [0.3, 0.4) is 0 Å². The molecular formula is C8H19O4PS. The highest BCUT2D eigenvalue weighted by atomic mass is 32.2. The first-order valence-corrected chi connectivity index (χ1v) is 8.02. The first-order chi connectivity index (χ1) is 6.58. The van der Waals surface area contributed by atoms with Gasteiger partial charge in [0.2, 0.25) is 0 Å². The predicted molar refractivity (Wildman–Crippen MR) is 59.3 cm³/mol. The van der Waals surface area contributed by atoms with Crippen LogP contribution < -0.4 is 0 Å². The lowest BCUT2D eigenvalue weighted by Gasteiger charge is -2.16. The summed E-state index contributed by atoms with van der Waals surface area (Å²) in [4.78, 5) is 0. The summed E-state index contributed by atoms with van der Waals surface area (Å²) in [7, 11) is -3.89. The predicted octanol–water partition coefficient (Wildman–Crippen LogP) is 2.02. The lowest BCUT2D eigenvalue weighted by atomic mass is 10.9. The molecule has 0 N–H and O–H groups in total. The third-order valence-electron chi connectivity index (χ3n) is 1.57. The van der Waals surface area contributed by atoms with Gasteiger partial charge in [0.05, 0.1) is 19.4 Å². The second-order valence-corrected chi connectivity index (χ2v) is 6.65. The van der Waals surface area contributed by atoms with Gasteiger partial charge in [-0.25, -0.2) is 0 Å². The van der Waals surface area contributed by atoms with Gasteiger partial charge in [-0.2, -0.15) is 0 Å². The van der Waals surface area contributed by atoms with Gasteiger partial charge in [-0.05, 0) is 13.8 Å². The van der Waals surface area contributed by atoms with E-state index in [0.717, 1.165) is 0 Å². The SMILES string of the molecule is CCOP(=O)(CCS(=O)CC)OCC. The summed E-state index contributed by atoms with van der Waals surface area (Å²) in [6, 6.07) is 0. The van der Waals surface area contributed by atoms with E-state index in [2.05, 4.69) is 0 Å². The van der Waals surface area contributed by atoms with Crippen molar-refractivity contribution in [2.24, 2.45) is 0 Å². The molecule has 0 saturated heterocycles. The average molecular weight is 242 g/mol. The molecule has 0 aromatic carbocycles. The van der Waals surface area contributed by atoms with Gasteiger partial charge in [0.15, 0.2) is 0 Å². The van der Waals surface area contributed by atoms with Crippen molar-refractivity contribution < 1.29 is 17.8 Å². The van der Waals surface area contributed by atoms with Crippen LogP contribution in [0.15, 0.2) is 0 Å². The Balaban J connectivity index is 4.08. The molecule has 0 amide bonds. The van der Waals surface area contributed by atoms with E-state index >= 15 is 0 Å². The summed E-state index contributed by atoms with van der Waals surface area (Å²) in [6.45, 7) is 6.08. The molecular weight excluding hydrogens is 223 g/mol. The van der Waals surface area contributed by atoms with Crippen molar-refractivity contribution in [3.63, 3.8) is 0 Å². The lowest BCUT2D eigenvalue weighted by Crippen LogP contribution is -2.08. The molecule has 1 atom stereocenters. The molecule has 4 nitrogen and oxygen atoms in total. The molecule has 86 valence electrons. The molecule has 0 aliphatic carbocycles. The summed E-state index contributed by atoms with van der Waals surface area (Å²) < 4.78 is 33.1. The van der Waals surface area contributed by atoms with Gasteiger partial charge >= 0.3 is 7.60 Å². The summed E-state index contributed by atoms with van der Waals surface area (Å²) in [5.41, 5.74) is 0. The maximum absolute atomic E-state index is 11.9. The summed E-state index contributed by atoms with van der Waals surface area (Å²) >= 11 is 0. The molecule has 0 spiro atoms. The van der Waals surface area contributed by atoms with Crippen LogP contribution in [0.25, 0.3) is 0 Å². The molecule has 0 heterocycles. The fourth-order valence-electron chi connectivity index (χ4n) is 0.918. The highest BCUT2D eigenvalue weighted by Crippen LogP contribution is 2.47. The molecule has 0 aliphatic heterocycles. The first kappa shape index (κ1) is 14.3. The van der Waals surface area contributed by atoms with Crippen molar-refractivity contribution in [3.05, 3.63) is 0 Å². The Morgan fingerprint density at radius 2 is 1.64 bits per heavy atom. The quantitative estimate of drug-likeness (QED) is 0.611. The smallest absolute Gasteiger partial charge is 0.309 e. The van der Waals surface area contributed by atoms with Crippen LogP contribution in [0.5, 0.6) is 0 Å². The molecule has 14 heavy (non-hydrogen) atoms. The zero-order chi connectivity index (χ0) is 11.0. The number of hydrogen-bond donors (Lipinski definition) is 0. The summed E-state index contributed by atoms with van der Waals surface area (Å²) in [5, 5.41) is 0. The van der Waals surface area contributed by atoms with Crippen molar-refractivity contribution in [3.8, 4) is 0 Å². The fourth-order valence-corrected chi connectivity index (χ4v) is 4.03. The standard InChI is InChI=1S/C8H19O4PS/c1-4-11-13(9,12-5-2)7-8-14(10)6-3/h4-8H2,1-3H3. The van der Waals surface area contributed by atoms with Gasteiger partial charge in [-0.3, -0.25) is 8.77 Å². The maximum Gasteiger partial charge on any atom is 0.331 e. The Bertz CT molecular complexity index is 209. The zero-order valence-electron chi connectivity index (χ0n) is 9.02. The average Bonchev–Trinajstić information content (AvgIpc) is 2.15. The molecule has 0 aromatic rings. The highest BCUT2D eigenvalue weighted by molar-refractivity contribution is 7.85. The minimum absolute atomic E-state index is 0.245. The Morgan fingerprint density at radius 3 is 2.00 bits per heavy atom. The van der Waals surface area contributed by atoms with Gasteiger partial charge in [0.1, 0.15) is 0 Å². The van der Waals surface area contributed by atoms with E-state index in [1.54, 1.807) is 13.8 Å². The zero-order valence-corrected chi connectivity index (χ0v) is 10.7. The highest BCUT2D eigenvalue weighted by Gasteiger charge is 2.23. The maximum atomic E-state index is 11.9. The summed E-state index contributed by atoms with van der Waals surface area (Å²) in [5.74, 6) is 0.964. The minimum Gasteiger partial charge on any atom is -0.309 e. The van der Waals surface area contributed by atoms with Gasteiger partial charge in [-0.1, -0.05) is 6.92 Å². The van der Waals surface area contributed by atoms with Gasteiger partial charge < -0.3 is 9.05 Å². The van der Waals surface area contributed by atoms with Crippen LogP contribution in [-0.4, -0.2) is 35.1 Å². The van der Waals surface area contributed by atoms with Crippen molar-refractivity contribution in [1.82, 2.24) is 0 Å². The molecule has 0 aliphatic rings. The lowest BCUT2D eigenvalue weighted by molar-refractivity contribution is 0.221. The van der Waals surface area contributed by atoms with Crippen molar-refractivity contribution in [2.45, 2.75) is 20.8 Å². The van der Waals surface area contributed by atoms with Gasteiger partial charge in [-0.15, -0.1) is 0 Å². The van der Waals surface area contributed by atoms with E-state index in [1.807, 2.05) is 6.92 Å². The second kappa shape index (κ2) is 7.57. The molecule has 0 saturated carbocycles. The largest absolute Gasteiger partial charge is 0.331 e. The Hall–Kier alpha value is 0.300. The van der Waals surface area contributed by atoms with Crippen LogP contribution >= 0.6 is 7.60 Å². The van der Waals surface area contributed by atoms with Crippen LogP contribution in [0.4, 0.5) is 0 Å². The number of hydrogen-bond acceptors (Lipinski definition) is 4. The van der Waals surface area contributed by atoms with Crippen molar-refractivity contribution >= 4 is 18.4 Å². The fraction of sp³-hybridized carbons (Fsp3) is 1.00. The van der Waals surface area contributed by atoms with E-state index in [4.69, 9.17) is 9.05 Å².